The molecular formula is C22H33IN6O2. The summed E-state index contributed by atoms with van der Waals surface area (Å²) in [7, 11) is 1.85. The molecule has 1 aromatic heterocycles. The minimum Gasteiger partial charge on any atom is -0.493 e. The quantitative estimate of drug-likeness (QED) is 0.332. The standard InChI is InChI=1S/C22H32N6O2.HI/c1-5-23-22(24-12-18-6-8-20(9-7-18)30-16-17(2)3)27-10-11-28(21(29)15-27)19-13-25-26(4)14-19;/h6-9,13-14,17H,5,10-12,15-16H2,1-4H3,(H,23,24);1H. The molecule has 1 aliphatic rings. The van der Waals surface area contributed by atoms with Crippen molar-refractivity contribution in [1.82, 2.24) is 20.0 Å². The molecule has 2 aromatic rings. The van der Waals surface area contributed by atoms with Gasteiger partial charge in [0.2, 0.25) is 5.91 Å². The number of aliphatic imine (C=N–C) groups is 1. The van der Waals surface area contributed by atoms with Gasteiger partial charge in [0.1, 0.15) is 12.3 Å². The second-order valence-corrected chi connectivity index (χ2v) is 7.86. The van der Waals surface area contributed by atoms with Gasteiger partial charge in [-0.3, -0.25) is 9.48 Å². The first-order chi connectivity index (χ1) is 14.5. The minimum atomic E-state index is 0. The second-order valence-electron chi connectivity index (χ2n) is 7.86. The van der Waals surface area contributed by atoms with E-state index < -0.39 is 0 Å². The second kappa shape index (κ2) is 11.9. The summed E-state index contributed by atoms with van der Waals surface area (Å²) in [5, 5.41) is 7.47. The van der Waals surface area contributed by atoms with Crippen molar-refractivity contribution in [1.29, 1.82) is 0 Å². The number of hydrogen-bond acceptors (Lipinski definition) is 4. The van der Waals surface area contributed by atoms with Gasteiger partial charge in [0.25, 0.3) is 0 Å². The number of hydrogen-bond donors (Lipinski definition) is 1. The van der Waals surface area contributed by atoms with E-state index >= 15 is 0 Å². The summed E-state index contributed by atoms with van der Waals surface area (Å²) in [4.78, 5) is 21.2. The maximum atomic E-state index is 12.7. The maximum absolute atomic E-state index is 12.7. The van der Waals surface area contributed by atoms with Crippen molar-refractivity contribution in [3.63, 3.8) is 0 Å². The van der Waals surface area contributed by atoms with Crippen molar-refractivity contribution in [3.05, 3.63) is 42.2 Å². The van der Waals surface area contributed by atoms with Crippen molar-refractivity contribution in [3.8, 4) is 5.75 Å². The van der Waals surface area contributed by atoms with Crippen LogP contribution in [0.1, 0.15) is 26.3 Å². The van der Waals surface area contributed by atoms with E-state index in [9.17, 15) is 4.79 Å². The monoisotopic (exact) mass is 540 g/mol. The summed E-state index contributed by atoms with van der Waals surface area (Å²) in [6.07, 6.45) is 3.59. The van der Waals surface area contributed by atoms with Gasteiger partial charge in [0.15, 0.2) is 5.96 Å². The van der Waals surface area contributed by atoms with Gasteiger partial charge in [-0.25, -0.2) is 4.99 Å². The number of benzene rings is 1. The Kier molecular flexibility index (Phi) is 9.60. The van der Waals surface area contributed by atoms with Crippen LogP contribution in [0.3, 0.4) is 0 Å². The number of carbonyl (C=O) groups is 1. The molecule has 170 valence electrons. The van der Waals surface area contributed by atoms with Crippen LogP contribution in [0.5, 0.6) is 5.75 Å². The van der Waals surface area contributed by atoms with E-state index in [0.29, 0.717) is 38.7 Å². The molecule has 1 fully saturated rings. The van der Waals surface area contributed by atoms with Crippen molar-refractivity contribution in [2.45, 2.75) is 27.3 Å². The van der Waals surface area contributed by atoms with Crippen LogP contribution in [0, 0.1) is 5.92 Å². The normalized spacial score (nSPS) is 14.6. The Hall–Kier alpha value is -2.30. The number of rotatable bonds is 7. The summed E-state index contributed by atoms with van der Waals surface area (Å²) in [6, 6.07) is 8.04. The van der Waals surface area contributed by atoms with Gasteiger partial charge in [-0.05, 0) is 30.5 Å². The van der Waals surface area contributed by atoms with Gasteiger partial charge in [-0.15, -0.1) is 24.0 Å². The van der Waals surface area contributed by atoms with Crippen LogP contribution < -0.4 is 15.0 Å². The van der Waals surface area contributed by atoms with Crippen LogP contribution in [0.4, 0.5) is 5.69 Å². The molecule has 0 aliphatic carbocycles. The zero-order valence-corrected chi connectivity index (χ0v) is 21.1. The lowest BCUT2D eigenvalue weighted by atomic mass is 10.2. The average molecular weight is 540 g/mol. The first-order valence-corrected chi connectivity index (χ1v) is 10.5. The summed E-state index contributed by atoms with van der Waals surface area (Å²) in [6.45, 7) is 9.92. The third-order valence-electron chi connectivity index (χ3n) is 4.78. The molecule has 9 heteroatoms. The predicted molar refractivity (Wildman–Crippen MR) is 134 cm³/mol. The zero-order valence-electron chi connectivity index (χ0n) is 18.7. The molecule has 31 heavy (non-hydrogen) atoms. The van der Waals surface area contributed by atoms with Gasteiger partial charge in [-0.1, -0.05) is 26.0 Å². The van der Waals surface area contributed by atoms with Gasteiger partial charge in [-0.2, -0.15) is 5.10 Å². The zero-order chi connectivity index (χ0) is 21.5. The van der Waals surface area contributed by atoms with Crippen LogP contribution >= 0.6 is 24.0 Å². The highest BCUT2D eigenvalue weighted by Gasteiger charge is 2.27. The molecular weight excluding hydrogens is 507 g/mol. The number of anilines is 1. The topological polar surface area (TPSA) is 75.0 Å². The van der Waals surface area contributed by atoms with E-state index in [0.717, 1.165) is 29.5 Å². The van der Waals surface area contributed by atoms with Crippen LogP contribution in [0.2, 0.25) is 0 Å². The molecule has 1 aromatic carbocycles. The highest BCUT2D eigenvalue weighted by Crippen LogP contribution is 2.17. The Morgan fingerprint density at radius 1 is 1.26 bits per heavy atom. The molecule has 8 nitrogen and oxygen atoms in total. The fraction of sp³-hybridized carbons (Fsp3) is 0.500. The molecule has 1 amide bonds. The number of guanidine groups is 1. The van der Waals surface area contributed by atoms with E-state index in [-0.39, 0.29) is 29.9 Å². The van der Waals surface area contributed by atoms with Crippen molar-refractivity contribution >= 4 is 41.5 Å². The number of aryl methyl sites for hydroxylation is 1. The average Bonchev–Trinajstić information content (AvgIpc) is 3.16. The van der Waals surface area contributed by atoms with Gasteiger partial charge in [0.05, 0.1) is 25.0 Å². The van der Waals surface area contributed by atoms with Crippen LogP contribution in [-0.2, 0) is 18.4 Å². The maximum Gasteiger partial charge on any atom is 0.246 e. The highest BCUT2D eigenvalue weighted by atomic mass is 127. The highest BCUT2D eigenvalue weighted by molar-refractivity contribution is 14.0. The molecule has 1 N–H and O–H groups in total. The number of carbonyl (C=O) groups excluding carboxylic acids is 1. The molecule has 1 saturated heterocycles. The third-order valence-corrected chi connectivity index (χ3v) is 4.78. The lowest BCUT2D eigenvalue weighted by molar-refractivity contribution is -0.120. The fourth-order valence-corrected chi connectivity index (χ4v) is 3.22. The van der Waals surface area contributed by atoms with Crippen molar-refractivity contribution in [2.24, 2.45) is 18.0 Å². The van der Waals surface area contributed by atoms with E-state index in [1.807, 2.05) is 49.3 Å². The lowest BCUT2D eigenvalue weighted by Crippen LogP contribution is -2.55. The summed E-state index contributed by atoms with van der Waals surface area (Å²) in [5.41, 5.74) is 1.94. The molecule has 0 unspecified atom stereocenters. The Bertz CT molecular complexity index is 865. The molecule has 0 saturated carbocycles. The third kappa shape index (κ3) is 7.12. The number of aromatic nitrogens is 2. The first kappa shape index (κ1) is 25.0. The van der Waals surface area contributed by atoms with Crippen LogP contribution in [0.25, 0.3) is 0 Å². The Balaban J connectivity index is 0.00000341. The first-order valence-electron chi connectivity index (χ1n) is 10.5. The van der Waals surface area contributed by atoms with Crippen LogP contribution in [0.15, 0.2) is 41.7 Å². The van der Waals surface area contributed by atoms with Crippen molar-refractivity contribution < 1.29 is 9.53 Å². The van der Waals surface area contributed by atoms with E-state index in [4.69, 9.17) is 9.73 Å². The fourth-order valence-electron chi connectivity index (χ4n) is 3.22. The SMILES string of the molecule is CCNC(=NCc1ccc(OCC(C)C)cc1)N1CCN(c2cnn(C)c2)C(=O)C1.I. The molecule has 0 radical (unpaired) electrons. The van der Waals surface area contributed by atoms with Gasteiger partial charge >= 0.3 is 0 Å². The number of nitrogens with zero attached hydrogens (tertiary/aromatic N) is 5. The minimum absolute atomic E-state index is 0. The molecule has 0 spiro atoms. The van der Waals surface area contributed by atoms with Gasteiger partial charge in [0, 0.05) is 32.9 Å². The Labute approximate surface area is 201 Å². The number of piperazine rings is 1. The Morgan fingerprint density at radius 2 is 2.00 bits per heavy atom. The lowest BCUT2D eigenvalue weighted by Gasteiger charge is -2.35. The summed E-state index contributed by atoms with van der Waals surface area (Å²) in [5.74, 6) is 2.18. The number of nitrogens with one attached hydrogen (secondary N) is 1. The molecule has 3 rings (SSSR count). The Morgan fingerprint density at radius 3 is 2.58 bits per heavy atom. The van der Waals surface area contributed by atoms with E-state index in [1.165, 1.54) is 0 Å². The molecule has 2 heterocycles. The summed E-state index contributed by atoms with van der Waals surface area (Å²) < 4.78 is 7.45. The van der Waals surface area contributed by atoms with Crippen LogP contribution in [-0.4, -0.2) is 59.3 Å². The number of ether oxygens (including phenoxy) is 1. The predicted octanol–water partition coefficient (Wildman–Crippen LogP) is 2.89. The van der Waals surface area contributed by atoms with Gasteiger partial charge < -0.3 is 19.9 Å². The smallest absolute Gasteiger partial charge is 0.246 e. The largest absolute Gasteiger partial charge is 0.493 e. The molecule has 0 atom stereocenters. The van der Waals surface area contributed by atoms with E-state index in [2.05, 4.69) is 24.3 Å². The van der Waals surface area contributed by atoms with E-state index in [1.54, 1.807) is 15.8 Å². The number of amides is 1. The summed E-state index contributed by atoms with van der Waals surface area (Å²) >= 11 is 0. The van der Waals surface area contributed by atoms with Crippen molar-refractivity contribution in [2.75, 3.05) is 37.7 Å². The number of halogens is 1. The molecule has 1 aliphatic heterocycles. The molecule has 0 bridgehead atoms.